The zero-order valence-electron chi connectivity index (χ0n) is 17.4. The average Bonchev–Trinajstić information content (AvgIpc) is 3.21. The van der Waals surface area contributed by atoms with E-state index in [1.807, 2.05) is 12.1 Å². The molecule has 1 aromatic carbocycles. The van der Waals surface area contributed by atoms with E-state index in [1.54, 1.807) is 18.2 Å². The van der Waals surface area contributed by atoms with Gasteiger partial charge < -0.3 is 24.4 Å². The Bertz CT molecular complexity index is 1190. The van der Waals surface area contributed by atoms with Crippen molar-refractivity contribution in [1.29, 1.82) is 0 Å². The number of rotatable bonds is 6. The highest BCUT2D eigenvalue weighted by Gasteiger charge is 2.60. The minimum absolute atomic E-state index is 0.116. The summed E-state index contributed by atoms with van der Waals surface area (Å²) in [4.78, 5) is 17.2. The fraction of sp³-hybridized carbons (Fsp3) is 0.478. The van der Waals surface area contributed by atoms with Gasteiger partial charge in [-0.2, -0.15) is 0 Å². The lowest BCUT2D eigenvalue weighted by Gasteiger charge is -2.61. The largest absolute Gasteiger partial charge is 0.609 e. The van der Waals surface area contributed by atoms with E-state index in [-0.39, 0.29) is 23.0 Å². The number of hydrogen-bond acceptors (Lipinski definition) is 6. The van der Waals surface area contributed by atoms with E-state index in [0.29, 0.717) is 34.6 Å². The van der Waals surface area contributed by atoms with Crippen LogP contribution in [0.4, 0.5) is 0 Å². The Hall–Kier alpha value is -2.00. The molecule has 9 heteroatoms. The maximum atomic E-state index is 12.6. The second-order valence-electron chi connectivity index (χ2n) is 9.81. The summed E-state index contributed by atoms with van der Waals surface area (Å²) in [6.07, 6.45) is 5.53. The molecule has 1 amide bonds. The second kappa shape index (κ2) is 7.25. The highest BCUT2D eigenvalue weighted by atomic mass is 35.5. The predicted octanol–water partition coefficient (Wildman–Crippen LogP) is 4.33. The number of benzene rings is 1. The topological polar surface area (TPSA) is 117 Å². The zero-order chi connectivity index (χ0) is 22.1. The third kappa shape index (κ3) is 3.73. The molecule has 1 atom stereocenters. The normalized spacial score (nSPS) is 30.2. The fourth-order valence-electron chi connectivity index (χ4n) is 5.35. The maximum absolute atomic E-state index is 12.6. The molecule has 3 saturated carbocycles. The summed E-state index contributed by atoms with van der Waals surface area (Å²) in [6, 6.07) is 8.65. The molecule has 0 unspecified atom stereocenters. The van der Waals surface area contributed by atoms with Crippen molar-refractivity contribution in [1.82, 2.24) is 10.3 Å². The molecule has 2 heterocycles. The van der Waals surface area contributed by atoms with Crippen LogP contribution in [0.15, 0.2) is 44.3 Å². The van der Waals surface area contributed by atoms with Gasteiger partial charge in [0.25, 0.3) is 5.91 Å². The lowest BCUT2D eigenvalue weighted by Crippen LogP contribution is -2.70. The van der Waals surface area contributed by atoms with E-state index in [1.165, 1.54) is 0 Å². The van der Waals surface area contributed by atoms with Gasteiger partial charge in [-0.25, -0.2) is 4.98 Å². The fourth-order valence-corrected chi connectivity index (χ4v) is 6.84. The van der Waals surface area contributed by atoms with Crippen molar-refractivity contribution in [2.45, 2.75) is 55.2 Å². The summed E-state index contributed by atoms with van der Waals surface area (Å²) in [6.45, 7) is 0. The van der Waals surface area contributed by atoms with E-state index in [0.717, 1.165) is 42.7 Å². The molecule has 2 aromatic heterocycles. The summed E-state index contributed by atoms with van der Waals surface area (Å²) in [7, 11) is 0. The van der Waals surface area contributed by atoms with Gasteiger partial charge in [0.2, 0.25) is 0 Å². The number of halogens is 1. The first-order valence-electron chi connectivity index (χ1n) is 11.0. The maximum Gasteiger partial charge on any atom is 0.311 e. The standard InChI is InChI=1S/C23H24ClN3O4S/c24-15-3-4-17-16(7-15)26-21(31-17)14-8-22(9-14)11-23(25,12-22)27-20(28)18-5-6-19(30-18)32(29)10-13-1-2-13/h3-7,13-14H,1-2,8-12,25H2,(H,27,28)/t14-,22?,23-,32-/m1/s1. The van der Waals surface area contributed by atoms with Gasteiger partial charge in [0, 0.05) is 34.1 Å². The van der Waals surface area contributed by atoms with Crippen LogP contribution in [0.5, 0.6) is 0 Å². The van der Waals surface area contributed by atoms with Crippen molar-refractivity contribution < 1.29 is 18.2 Å². The Labute approximate surface area is 193 Å². The van der Waals surface area contributed by atoms with Crippen LogP contribution in [0.3, 0.4) is 0 Å². The number of oxazole rings is 1. The van der Waals surface area contributed by atoms with Crippen molar-refractivity contribution >= 4 is 39.8 Å². The van der Waals surface area contributed by atoms with Gasteiger partial charge in [-0.15, -0.1) is 0 Å². The van der Waals surface area contributed by atoms with Crippen molar-refractivity contribution in [2.24, 2.45) is 17.1 Å². The molecular weight excluding hydrogens is 450 g/mol. The van der Waals surface area contributed by atoms with Crippen LogP contribution in [-0.2, 0) is 11.2 Å². The van der Waals surface area contributed by atoms with Crippen LogP contribution >= 0.6 is 11.6 Å². The molecule has 32 heavy (non-hydrogen) atoms. The van der Waals surface area contributed by atoms with Crippen LogP contribution in [0, 0.1) is 11.3 Å². The number of carbonyl (C=O) groups excluding carboxylic acids is 1. The number of aromatic nitrogens is 1. The molecular formula is C23H24ClN3O4S. The quantitative estimate of drug-likeness (QED) is 0.406. The number of amides is 1. The molecule has 3 aromatic rings. The zero-order valence-corrected chi connectivity index (χ0v) is 19.0. The van der Waals surface area contributed by atoms with Crippen molar-refractivity contribution in [3.05, 3.63) is 47.0 Å². The van der Waals surface area contributed by atoms with Gasteiger partial charge in [-0.05, 0) is 68.2 Å². The van der Waals surface area contributed by atoms with Gasteiger partial charge in [0.1, 0.15) is 11.3 Å². The lowest BCUT2D eigenvalue weighted by atomic mass is 9.48. The highest BCUT2D eigenvalue weighted by Crippen LogP contribution is 2.64. The van der Waals surface area contributed by atoms with Crippen molar-refractivity contribution in [3.63, 3.8) is 0 Å². The Morgan fingerprint density at radius 1 is 1.25 bits per heavy atom. The molecule has 0 saturated heterocycles. The smallest absolute Gasteiger partial charge is 0.311 e. The van der Waals surface area contributed by atoms with E-state index in [2.05, 4.69) is 10.3 Å². The molecule has 6 rings (SSSR count). The van der Waals surface area contributed by atoms with E-state index >= 15 is 0 Å². The molecule has 0 aliphatic heterocycles. The van der Waals surface area contributed by atoms with E-state index in [4.69, 9.17) is 26.2 Å². The van der Waals surface area contributed by atoms with Crippen LogP contribution in [0.2, 0.25) is 5.02 Å². The minimum Gasteiger partial charge on any atom is -0.609 e. The molecule has 1 spiro atoms. The molecule has 0 bridgehead atoms. The Balaban J connectivity index is 1.04. The van der Waals surface area contributed by atoms with Gasteiger partial charge in [0.15, 0.2) is 17.2 Å². The SMILES string of the molecule is N[C@]1(NC(=O)c2ccc([S@+]([O-])CC3CC3)o2)CC2(C[C@H](c3nc4cc(Cl)ccc4o3)C2)C1. The summed E-state index contributed by atoms with van der Waals surface area (Å²) in [5, 5.41) is 3.91. The number of nitrogens with zero attached hydrogens (tertiary/aromatic N) is 1. The van der Waals surface area contributed by atoms with Crippen LogP contribution < -0.4 is 11.1 Å². The van der Waals surface area contributed by atoms with Crippen molar-refractivity contribution in [2.75, 3.05) is 5.75 Å². The third-order valence-corrected chi connectivity index (χ3v) is 8.61. The minimum atomic E-state index is -1.19. The first-order chi connectivity index (χ1) is 15.3. The van der Waals surface area contributed by atoms with Crippen LogP contribution in [-0.4, -0.2) is 26.9 Å². The number of carbonyl (C=O) groups is 1. The van der Waals surface area contributed by atoms with Gasteiger partial charge in [-0.3, -0.25) is 4.79 Å². The first-order valence-corrected chi connectivity index (χ1v) is 12.7. The Kier molecular flexibility index (Phi) is 4.67. The van der Waals surface area contributed by atoms with Crippen molar-refractivity contribution in [3.8, 4) is 0 Å². The number of hydrogen-bond donors (Lipinski definition) is 2. The Morgan fingerprint density at radius 2 is 2.03 bits per heavy atom. The third-order valence-electron chi connectivity index (χ3n) is 6.93. The van der Waals surface area contributed by atoms with E-state index < -0.39 is 16.8 Å². The Morgan fingerprint density at radius 3 is 2.78 bits per heavy atom. The number of nitrogens with one attached hydrogen (secondary N) is 1. The number of fused-ring (bicyclic) bond motifs is 1. The summed E-state index contributed by atoms with van der Waals surface area (Å²) in [5.74, 6) is 1.93. The average molecular weight is 474 g/mol. The molecule has 7 nitrogen and oxygen atoms in total. The van der Waals surface area contributed by atoms with Gasteiger partial charge >= 0.3 is 5.09 Å². The second-order valence-corrected chi connectivity index (χ2v) is 11.7. The summed E-state index contributed by atoms with van der Waals surface area (Å²) in [5.41, 5.74) is 7.33. The van der Waals surface area contributed by atoms with Gasteiger partial charge in [-0.1, -0.05) is 11.6 Å². The highest BCUT2D eigenvalue weighted by molar-refractivity contribution is 7.91. The van der Waals surface area contributed by atoms with E-state index in [9.17, 15) is 9.35 Å². The molecule has 3 aliphatic rings. The molecule has 3 N–H and O–H groups in total. The first kappa shape index (κ1) is 20.6. The molecule has 168 valence electrons. The van der Waals surface area contributed by atoms with Crippen LogP contribution in [0.1, 0.15) is 60.9 Å². The molecule has 3 aliphatic carbocycles. The number of nitrogens with two attached hydrogens (primary N) is 1. The summed E-state index contributed by atoms with van der Waals surface area (Å²) >= 11 is 4.84. The monoisotopic (exact) mass is 473 g/mol. The lowest BCUT2D eigenvalue weighted by molar-refractivity contribution is -0.0737. The van der Waals surface area contributed by atoms with Gasteiger partial charge in [0.05, 0.1) is 5.66 Å². The van der Waals surface area contributed by atoms with Crippen LogP contribution in [0.25, 0.3) is 11.1 Å². The predicted molar refractivity (Wildman–Crippen MR) is 120 cm³/mol. The molecule has 0 radical (unpaired) electrons. The summed E-state index contributed by atoms with van der Waals surface area (Å²) < 4.78 is 23.7. The molecule has 3 fully saturated rings. The number of furan rings is 1.